The lowest BCUT2D eigenvalue weighted by atomic mass is 9.96. The lowest BCUT2D eigenvalue weighted by molar-refractivity contribution is 0.0246. The van der Waals surface area contributed by atoms with E-state index in [1.165, 1.54) is 5.56 Å². The molecular formula is C15H23BrN2O. The number of benzene rings is 1. The second-order valence-electron chi connectivity index (χ2n) is 5.36. The van der Waals surface area contributed by atoms with Gasteiger partial charge >= 0.3 is 0 Å². The molecule has 1 heterocycles. The van der Waals surface area contributed by atoms with Crippen LogP contribution in [0.1, 0.15) is 31.4 Å². The predicted molar refractivity (Wildman–Crippen MR) is 82.1 cm³/mol. The molecule has 4 heteroatoms. The van der Waals surface area contributed by atoms with Crippen molar-refractivity contribution in [2.24, 2.45) is 5.73 Å². The summed E-state index contributed by atoms with van der Waals surface area (Å²) in [6.45, 7) is 3.81. The zero-order valence-corrected chi connectivity index (χ0v) is 13.3. The molecule has 1 saturated heterocycles. The zero-order valence-electron chi connectivity index (χ0n) is 11.7. The van der Waals surface area contributed by atoms with Crippen molar-refractivity contribution in [3.63, 3.8) is 0 Å². The molecule has 2 rings (SSSR count). The summed E-state index contributed by atoms with van der Waals surface area (Å²) in [5.41, 5.74) is 7.51. The summed E-state index contributed by atoms with van der Waals surface area (Å²) in [6, 6.07) is 9.42. The maximum Gasteiger partial charge on any atom is 0.0496 e. The second-order valence-corrected chi connectivity index (χ2v) is 6.28. The number of rotatable bonds is 4. The molecule has 2 unspecified atom stereocenters. The van der Waals surface area contributed by atoms with Crippen LogP contribution in [0.25, 0.3) is 0 Å². The van der Waals surface area contributed by atoms with Gasteiger partial charge in [0.2, 0.25) is 0 Å². The van der Waals surface area contributed by atoms with Gasteiger partial charge in [-0.25, -0.2) is 0 Å². The molecule has 0 saturated carbocycles. The normalized spacial score (nSPS) is 20.5. The van der Waals surface area contributed by atoms with Crippen molar-refractivity contribution >= 4 is 15.9 Å². The van der Waals surface area contributed by atoms with Crippen LogP contribution < -0.4 is 5.73 Å². The Labute approximate surface area is 124 Å². The van der Waals surface area contributed by atoms with Crippen LogP contribution >= 0.6 is 15.9 Å². The minimum atomic E-state index is 0.106. The molecule has 1 aromatic rings. The quantitative estimate of drug-likeness (QED) is 0.924. The Morgan fingerprint density at radius 1 is 1.26 bits per heavy atom. The van der Waals surface area contributed by atoms with E-state index in [-0.39, 0.29) is 12.1 Å². The van der Waals surface area contributed by atoms with Crippen molar-refractivity contribution in [1.29, 1.82) is 0 Å². The van der Waals surface area contributed by atoms with Gasteiger partial charge in [-0.2, -0.15) is 0 Å². The number of ether oxygens (including phenoxy) is 1. The van der Waals surface area contributed by atoms with E-state index in [4.69, 9.17) is 10.5 Å². The van der Waals surface area contributed by atoms with Gasteiger partial charge in [0.15, 0.2) is 0 Å². The van der Waals surface area contributed by atoms with E-state index in [0.29, 0.717) is 6.04 Å². The maximum atomic E-state index is 6.23. The fraction of sp³-hybridized carbons (Fsp3) is 0.600. The molecule has 1 aromatic carbocycles. The lowest BCUT2D eigenvalue weighted by Crippen LogP contribution is -2.45. The summed E-state index contributed by atoms with van der Waals surface area (Å²) >= 11 is 3.48. The van der Waals surface area contributed by atoms with E-state index in [1.807, 2.05) is 0 Å². The van der Waals surface area contributed by atoms with Crippen LogP contribution in [0.5, 0.6) is 0 Å². The number of hydrogen-bond donors (Lipinski definition) is 1. The van der Waals surface area contributed by atoms with Gasteiger partial charge < -0.3 is 10.5 Å². The highest BCUT2D eigenvalue weighted by atomic mass is 79.9. The first-order chi connectivity index (χ1) is 9.09. The standard InChI is InChI=1S/C15H23BrN2O/c1-11(17)15(12-3-5-13(16)6-4-12)18(2)14-7-9-19-10-8-14/h3-6,11,14-15H,7-10,17H2,1-2H3. The average Bonchev–Trinajstić information content (AvgIpc) is 2.42. The molecule has 2 atom stereocenters. The Morgan fingerprint density at radius 3 is 2.37 bits per heavy atom. The number of hydrogen-bond acceptors (Lipinski definition) is 3. The zero-order chi connectivity index (χ0) is 13.8. The minimum absolute atomic E-state index is 0.106. The molecule has 0 radical (unpaired) electrons. The minimum Gasteiger partial charge on any atom is -0.381 e. The SMILES string of the molecule is CC(N)C(c1ccc(Br)cc1)N(C)C1CCOCC1. The molecule has 0 aliphatic carbocycles. The summed E-state index contributed by atoms with van der Waals surface area (Å²) in [7, 11) is 2.19. The highest BCUT2D eigenvalue weighted by molar-refractivity contribution is 9.10. The van der Waals surface area contributed by atoms with Crippen molar-refractivity contribution in [2.45, 2.75) is 37.9 Å². The highest BCUT2D eigenvalue weighted by Gasteiger charge is 2.28. The van der Waals surface area contributed by atoms with Crippen LogP contribution in [-0.2, 0) is 4.74 Å². The maximum absolute atomic E-state index is 6.23. The topological polar surface area (TPSA) is 38.5 Å². The van der Waals surface area contributed by atoms with Crippen LogP contribution in [-0.4, -0.2) is 37.2 Å². The number of nitrogens with two attached hydrogens (primary N) is 1. The van der Waals surface area contributed by atoms with Gasteiger partial charge in [-0.15, -0.1) is 0 Å². The van der Waals surface area contributed by atoms with E-state index in [0.717, 1.165) is 30.5 Å². The van der Waals surface area contributed by atoms with E-state index < -0.39 is 0 Å². The molecule has 1 fully saturated rings. The van der Waals surface area contributed by atoms with Gasteiger partial charge in [0.25, 0.3) is 0 Å². The molecule has 2 N–H and O–H groups in total. The summed E-state index contributed by atoms with van der Waals surface area (Å²) < 4.78 is 6.55. The third-order valence-corrected chi connectivity index (χ3v) is 4.44. The van der Waals surface area contributed by atoms with Crippen molar-refractivity contribution in [2.75, 3.05) is 20.3 Å². The Balaban J connectivity index is 2.16. The average molecular weight is 327 g/mol. The molecule has 0 amide bonds. The van der Waals surface area contributed by atoms with Crippen LogP contribution in [0, 0.1) is 0 Å². The smallest absolute Gasteiger partial charge is 0.0496 e. The summed E-state index contributed by atoms with van der Waals surface area (Å²) in [6.07, 6.45) is 2.19. The van der Waals surface area contributed by atoms with Crippen LogP contribution in [0.3, 0.4) is 0 Å². The first-order valence-corrected chi connectivity index (χ1v) is 7.69. The molecule has 106 valence electrons. The molecule has 0 bridgehead atoms. The van der Waals surface area contributed by atoms with Crippen molar-refractivity contribution in [3.8, 4) is 0 Å². The number of likely N-dealkylation sites (N-methyl/N-ethyl adjacent to an activating group) is 1. The van der Waals surface area contributed by atoms with Gasteiger partial charge in [0, 0.05) is 35.8 Å². The Morgan fingerprint density at radius 2 is 1.84 bits per heavy atom. The highest BCUT2D eigenvalue weighted by Crippen LogP contribution is 2.28. The molecule has 0 spiro atoms. The van der Waals surface area contributed by atoms with Crippen LogP contribution in [0.15, 0.2) is 28.7 Å². The Bertz CT molecular complexity index is 388. The second kappa shape index (κ2) is 6.84. The molecular weight excluding hydrogens is 304 g/mol. The fourth-order valence-corrected chi connectivity index (χ4v) is 3.15. The van der Waals surface area contributed by atoms with Crippen LogP contribution in [0.2, 0.25) is 0 Å². The predicted octanol–water partition coefficient (Wildman–Crippen LogP) is 2.95. The summed E-state index contributed by atoms with van der Waals surface area (Å²) in [5, 5.41) is 0. The third kappa shape index (κ3) is 3.78. The van der Waals surface area contributed by atoms with Gasteiger partial charge in [-0.1, -0.05) is 28.1 Å². The first kappa shape index (κ1) is 15.0. The van der Waals surface area contributed by atoms with Gasteiger partial charge in [0.1, 0.15) is 0 Å². The van der Waals surface area contributed by atoms with Crippen LogP contribution in [0.4, 0.5) is 0 Å². The van der Waals surface area contributed by atoms with E-state index in [2.05, 4.69) is 59.1 Å². The summed E-state index contributed by atoms with van der Waals surface area (Å²) in [4.78, 5) is 2.43. The molecule has 1 aliphatic heterocycles. The number of halogens is 1. The summed E-state index contributed by atoms with van der Waals surface area (Å²) in [5.74, 6) is 0. The monoisotopic (exact) mass is 326 g/mol. The molecule has 1 aliphatic rings. The number of nitrogens with zero attached hydrogens (tertiary/aromatic N) is 1. The third-order valence-electron chi connectivity index (χ3n) is 3.92. The molecule has 19 heavy (non-hydrogen) atoms. The Kier molecular flexibility index (Phi) is 5.39. The van der Waals surface area contributed by atoms with E-state index in [1.54, 1.807) is 0 Å². The van der Waals surface area contributed by atoms with E-state index >= 15 is 0 Å². The van der Waals surface area contributed by atoms with Crippen molar-refractivity contribution in [1.82, 2.24) is 4.90 Å². The largest absolute Gasteiger partial charge is 0.381 e. The van der Waals surface area contributed by atoms with Gasteiger partial charge in [0.05, 0.1) is 0 Å². The van der Waals surface area contributed by atoms with Gasteiger partial charge in [-0.3, -0.25) is 4.90 Å². The Hall–Kier alpha value is -0.420. The fourth-order valence-electron chi connectivity index (χ4n) is 2.89. The van der Waals surface area contributed by atoms with E-state index in [9.17, 15) is 0 Å². The van der Waals surface area contributed by atoms with Crippen molar-refractivity contribution < 1.29 is 4.74 Å². The molecule has 3 nitrogen and oxygen atoms in total. The first-order valence-electron chi connectivity index (χ1n) is 6.90. The van der Waals surface area contributed by atoms with Gasteiger partial charge in [-0.05, 0) is 44.5 Å². The lowest BCUT2D eigenvalue weighted by Gasteiger charge is -2.39. The molecule has 0 aromatic heterocycles. The van der Waals surface area contributed by atoms with Crippen molar-refractivity contribution in [3.05, 3.63) is 34.3 Å².